The second-order valence-electron chi connectivity index (χ2n) is 9.73. The molecular weight excluding hydrogens is 354 g/mol. The Bertz CT molecular complexity index is 789. The summed E-state index contributed by atoms with van der Waals surface area (Å²) in [6.45, 7) is 12.3. The lowest BCUT2D eigenvalue weighted by atomic mass is 9.73. The largest absolute Gasteiger partial charge is 0.444 e. The van der Waals surface area contributed by atoms with Crippen LogP contribution in [0.3, 0.4) is 0 Å². The zero-order chi connectivity index (χ0) is 20.7. The van der Waals surface area contributed by atoms with E-state index in [2.05, 4.69) is 0 Å². The van der Waals surface area contributed by atoms with Gasteiger partial charge in [-0.25, -0.2) is 9.80 Å². The SMILES string of the molecule is CC(C)(C)OC(=O)N1CCC2=NN(C(C)(C)C)C(=O)[C@]2(Cc2ccccc2)C1. The fourth-order valence-corrected chi connectivity index (χ4v) is 3.80. The predicted molar refractivity (Wildman–Crippen MR) is 109 cm³/mol. The van der Waals surface area contributed by atoms with E-state index in [1.54, 1.807) is 9.91 Å². The van der Waals surface area contributed by atoms with Crippen LogP contribution in [0.1, 0.15) is 53.5 Å². The Balaban J connectivity index is 1.95. The van der Waals surface area contributed by atoms with Crippen molar-refractivity contribution in [2.24, 2.45) is 10.5 Å². The van der Waals surface area contributed by atoms with Crippen LogP contribution in [-0.4, -0.2) is 51.9 Å². The number of hydrogen-bond donors (Lipinski definition) is 0. The van der Waals surface area contributed by atoms with E-state index in [1.807, 2.05) is 71.9 Å². The molecule has 2 aliphatic heterocycles. The van der Waals surface area contributed by atoms with Crippen LogP contribution in [0.4, 0.5) is 4.79 Å². The molecule has 1 aromatic carbocycles. The lowest BCUT2D eigenvalue weighted by Crippen LogP contribution is -2.57. The van der Waals surface area contributed by atoms with Crippen LogP contribution in [0.15, 0.2) is 35.4 Å². The van der Waals surface area contributed by atoms with E-state index in [-0.39, 0.29) is 12.0 Å². The maximum atomic E-state index is 13.6. The van der Waals surface area contributed by atoms with Gasteiger partial charge in [0.15, 0.2) is 0 Å². The summed E-state index contributed by atoms with van der Waals surface area (Å²) in [5.74, 6) is -0.0351. The van der Waals surface area contributed by atoms with E-state index < -0.39 is 16.6 Å². The van der Waals surface area contributed by atoms with Gasteiger partial charge in [-0.15, -0.1) is 0 Å². The molecule has 0 radical (unpaired) electrons. The molecule has 1 atom stereocenters. The molecule has 0 saturated carbocycles. The molecule has 3 rings (SSSR count). The van der Waals surface area contributed by atoms with Crippen molar-refractivity contribution in [2.75, 3.05) is 13.1 Å². The van der Waals surface area contributed by atoms with Crippen LogP contribution in [0.2, 0.25) is 0 Å². The Morgan fingerprint density at radius 3 is 2.36 bits per heavy atom. The number of rotatable bonds is 2. The highest BCUT2D eigenvalue weighted by atomic mass is 16.6. The summed E-state index contributed by atoms with van der Waals surface area (Å²) in [5.41, 5.74) is 0.113. The first-order valence-corrected chi connectivity index (χ1v) is 9.87. The molecule has 152 valence electrons. The van der Waals surface area contributed by atoms with Crippen LogP contribution < -0.4 is 0 Å². The molecule has 1 fully saturated rings. The second kappa shape index (κ2) is 6.90. The van der Waals surface area contributed by atoms with Crippen molar-refractivity contribution in [1.29, 1.82) is 0 Å². The molecule has 0 N–H and O–H groups in total. The highest BCUT2D eigenvalue weighted by Crippen LogP contribution is 2.41. The minimum Gasteiger partial charge on any atom is -0.444 e. The molecule has 2 amide bonds. The van der Waals surface area contributed by atoms with E-state index in [0.29, 0.717) is 25.9 Å². The molecule has 1 saturated heterocycles. The number of hydrazone groups is 1. The van der Waals surface area contributed by atoms with Gasteiger partial charge in [-0.3, -0.25) is 4.79 Å². The predicted octanol–water partition coefficient (Wildman–Crippen LogP) is 3.85. The normalized spacial score (nSPS) is 22.8. The van der Waals surface area contributed by atoms with Crippen molar-refractivity contribution in [3.05, 3.63) is 35.9 Å². The number of nitrogens with zero attached hydrogens (tertiary/aromatic N) is 3. The van der Waals surface area contributed by atoms with Gasteiger partial charge >= 0.3 is 6.09 Å². The van der Waals surface area contributed by atoms with Gasteiger partial charge < -0.3 is 9.64 Å². The van der Waals surface area contributed by atoms with Crippen LogP contribution in [0.25, 0.3) is 0 Å². The Morgan fingerprint density at radius 2 is 1.79 bits per heavy atom. The number of carbonyl (C=O) groups excluding carboxylic acids is 2. The topological polar surface area (TPSA) is 62.2 Å². The Morgan fingerprint density at radius 1 is 1.14 bits per heavy atom. The first kappa shape index (κ1) is 20.4. The summed E-state index contributed by atoms with van der Waals surface area (Å²) < 4.78 is 5.57. The molecule has 1 aromatic rings. The number of piperidine rings is 1. The lowest BCUT2D eigenvalue weighted by Gasteiger charge is -2.40. The average molecular weight is 386 g/mol. The minimum absolute atomic E-state index is 0.0351. The van der Waals surface area contributed by atoms with E-state index >= 15 is 0 Å². The molecule has 6 nitrogen and oxygen atoms in total. The van der Waals surface area contributed by atoms with Crippen molar-refractivity contribution < 1.29 is 14.3 Å². The summed E-state index contributed by atoms with van der Waals surface area (Å²) in [6, 6.07) is 9.94. The number of amides is 2. The van der Waals surface area contributed by atoms with Crippen LogP contribution in [0.5, 0.6) is 0 Å². The number of fused-ring (bicyclic) bond motifs is 1. The van der Waals surface area contributed by atoms with Gasteiger partial charge in [0.25, 0.3) is 5.91 Å². The van der Waals surface area contributed by atoms with Gasteiger partial charge in [-0.2, -0.15) is 5.10 Å². The molecule has 2 aliphatic rings. The maximum absolute atomic E-state index is 13.6. The molecule has 0 unspecified atom stereocenters. The van der Waals surface area contributed by atoms with Gasteiger partial charge in [0.05, 0.1) is 11.3 Å². The van der Waals surface area contributed by atoms with Gasteiger partial charge in [0.2, 0.25) is 0 Å². The standard InChI is InChI=1S/C22H31N3O3/c1-20(2,3)25-18(26)22(14-16-10-8-7-9-11-16)15-24(13-12-17(22)23-25)19(27)28-21(4,5)6/h7-11H,12-15H2,1-6H3/t22-/m1/s1. The Labute approximate surface area is 167 Å². The lowest BCUT2D eigenvalue weighted by molar-refractivity contribution is -0.141. The first-order valence-electron chi connectivity index (χ1n) is 9.87. The number of hydrogen-bond acceptors (Lipinski definition) is 4. The second-order valence-corrected chi connectivity index (χ2v) is 9.73. The van der Waals surface area contributed by atoms with Gasteiger partial charge in [-0.05, 0) is 53.5 Å². The number of benzene rings is 1. The monoisotopic (exact) mass is 385 g/mol. The zero-order valence-corrected chi connectivity index (χ0v) is 17.8. The fraction of sp³-hybridized carbons (Fsp3) is 0.591. The van der Waals surface area contributed by atoms with E-state index in [0.717, 1.165) is 11.3 Å². The summed E-state index contributed by atoms with van der Waals surface area (Å²) in [7, 11) is 0. The highest BCUT2D eigenvalue weighted by molar-refractivity contribution is 6.13. The molecule has 2 heterocycles. The van der Waals surface area contributed by atoms with Crippen LogP contribution in [0, 0.1) is 5.41 Å². The van der Waals surface area contributed by atoms with Gasteiger partial charge in [-0.1, -0.05) is 30.3 Å². The number of carbonyl (C=O) groups is 2. The fourth-order valence-electron chi connectivity index (χ4n) is 3.80. The Hall–Kier alpha value is -2.37. The van der Waals surface area contributed by atoms with Crippen molar-refractivity contribution in [1.82, 2.24) is 9.91 Å². The molecule has 0 bridgehead atoms. The molecular formula is C22H31N3O3. The quantitative estimate of drug-likeness (QED) is 0.777. The third-order valence-electron chi connectivity index (χ3n) is 5.09. The summed E-state index contributed by atoms with van der Waals surface area (Å²) in [4.78, 5) is 28.0. The van der Waals surface area contributed by atoms with Crippen molar-refractivity contribution in [3.63, 3.8) is 0 Å². The average Bonchev–Trinajstić information content (AvgIpc) is 2.86. The van der Waals surface area contributed by atoms with Gasteiger partial charge in [0, 0.05) is 19.5 Å². The molecule has 0 aromatic heterocycles. The molecule has 0 spiro atoms. The highest BCUT2D eigenvalue weighted by Gasteiger charge is 2.56. The first-order chi connectivity index (χ1) is 12.9. The van der Waals surface area contributed by atoms with E-state index in [9.17, 15) is 9.59 Å². The number of likely N-dealkylation sites (tertiary alicyclic amines) is 1. The van der Waals surface area contributed by atoms with Crippen molar-refractivity contribution in [3.8, 4) is 0 Å². The van der Waals surface area contributed by atoms with Gasteiger partial charge in [0.1, 0.15) is 11.0 Å². The van der Waals surface area contributed by atoms with Crippen molar-refractivity contribution in [2.45, 2.75) is 65.5 Å². The summed E-state index contributed by atoms with van der Waals surface area (Å²) >= 11 is 0. The molecule has 0 aliphatic carbocycles. The maximum Gasteiger partial charge on any atom is 0.410 e. The number of ether oxygens (including phenoxy) is 1. The van der Waals surface area contributed by atoms with E-state index in [4.69, 9.17) is 9.84 Å². The third-order valence-corrected chi connectivity index (χ3v) is 5.09. The molecule has 6 heteroatoms. The third kappa shape index (κ3) is 3.91. The van der Waals surface area contributed by atoms with Crippen LogP contribution in [-0.2, 0) is 16.0 Å². The smallest absolute Gasteiger partial charge is 0.410 e. The van der Waals surface area contributed by atoms with Crippen molar-refractivity contribution >= 4 is 17.7 Å². The van der Waals surface area contributed by atoms with E-state index in [1.165, 1.54) is 0 Å². The summed E-state index contributed by atoms with van der Waals surface area (Å²) in [6.07, 6.45) is 0.725. The minimum atomic E-state index is -0.830. The Kier molecular flexibility index (Phi) is 5.02. The zero-order valence-electron chi connectivity index (χ0n) is 17.8. The summed E-state index contributed by atoms with van der Waals surface area (Å²) in [5, 5.41) is 6.32. The van der Waals surface area contributed by atoms with Crippen LogP contribution >= 0.6 is 0 Å². The molecule has 28 heavy (non-hydrogen) atoms.